The Morgan fingerprint density at radius 3 is 3.00 bits per heavy atom. The van der Waals surface area contributed by atoms with Crippen LogP contribution in [0.3, 0.4) is 0 Å². The summed E-state index contributed by atoms with van der Waals surface area (Å²) in [4.78, 5) is 0. The van der Waals surface area contributed by atoms with Gasteiger partial charge in [0.05, 0.1) is 6.54 Å². The zero-order valence-corrected chi connectivity index (χ0v) is 8.42. The van der Waals surface area contributed by atoms with Gasteiger partial charge >= 0.3 is 6.01 Å². The summed E-state index contributed by atoms with van der Waals surface area (Å²) in [5.74, 6) is 0.654. The molecule has 0 spiro atoms. The van der Waals surface area contributed by atoms with Crippen LogP contribution in [0.15, 0.2) is 4.42 Å². The molecule has 2 rings (SSSR count). The zero-order valence-electron chi connectivity index (χ0n) is 8.42. The second-order valence-electron chi connectivity index (χ2n) is 3.60. The molecule has 0 bridgehead atoms. The Morgan fingerprint density at radius 1 is 1.43 bits per heavy atom. The van der Waals surface area contributed by atoms with Gasteiger partial charge in [-0.15, -0.1) is 5.10 Å². The van der Waals surface area contributed by atoms with Crippen molar-refractivity contribution in [3.05, 3.63) is 5.89 Å². The van der Waals surface area contributed by atoms with E-state index in [1.54, 1.807) is 0 Å². The van der Waals surface area contributed by atoms with Gasteiger partial charge in [-0.2, -0.15) is 0 Å². The first-order valence-corrected chi connectivity index (χ1v) is 5.18. The van der Waals surface area contributed by atoms with E-state index in [2.05, 4.69) is 27.8 Å². The predicted molar refractivity (Wildman–Crippen MR) is 52.9 cm³/mol. The van der Waals surface area contributed by atoms with E-state index in [0.717, 1.165) is 13.0 Å². The number of hydrogen-bond donors (Lipinski definition) is 2. The quantitative estimate of drug-likeness (QED) is 0.668. The van der Waals surface area contributed by atoms with Crippen molar-refractivity contribution in [2.24, 2.45) is 0 Å². The summed E-state index contributed by atoms with van der Waals surface area (Å²) in [7, 11) is 0. The van der Waals surface area contributed by atoms with E-state index in [1.165, 1.54) is 12.8 Å². The fourth-order valence-electron chi connectivity index (χ4n) is 1.16. The summed E-state index contributed by atoms with van der Waals surface area (Å²) in [5.41, 5.74) is 0. The van der Waals surface area contributed by atoms with E-state index in [1.807, 2.05) is 0 Å². The third kappa shape index (κ3) is 2.70. The van der Waals surface area contributed by atoms with Gasteiger partial charge in [0, 0.05) is 6.04 Å². The number of nitrogens with zero attached hydrogens (tertiary/aromatic N) is 2. The number of hydrogen-bond acceptors (Lipinski definition) is 5. The van der Waals surface area contributed by atoms with Gasteiger partial charge in [0.2, 0.25) is 5.89 Å². The van der Waals surface area contributed by atoms with Crippen LogP contribution in [0.25, 0.3) is 0 Å². The Kier molecular flexibility index (Phi) is 2.98. The Hall–Kier alpha value is -1.10. The molecule has 1 aromatic rings. The van der Waals surface area contributed by atoms with Crippen molar-refractivity contribution < 1.29 is 4.42 Å². The summed E-state index contributed by atoms with van der Waals surface area (Å²) in [6.07, 6.45) is 3.54. The third-order valence-corrected chi connectivity index (χ3v) is 2.07. The topological polar surface area (TPSA) is 63.0 Å². The molecular formula is C9H16N4O. The Labute approximate surface area is 83.3 Å². The average Bonchev–Trinajstić information content (AvgIpc) is 2.87. The van der Waals surface area contributed by atoms with Crippen LogP contribution in [0.1, 0.15) is 32.1 Å². The maximum atomic E-state index is 5.39. The SMILES string of the molecule is CCCNCc1nnc(NC2CC2)o1. The van der Waals surface area contributed by atoms with Gasteiger partial charge in [-0.05, 0) is 25.8 Å². The highest BCUT2D eigenvalue weighted by atomic mass is 16.4. The second kappa shape index (κ2) is 4.41. The molecule has 0 aromatic carbocycles. The highest BCUT2D eigenvalue weighted by Crippen LogP contribution is 2.23. The molecule has 1 aliphatic carbocycles. The van der Waals surface area contributed by atoms with Crippen molar-refractivity contribution in [1.29, 1.82) is 0 Å². The lowest BCUT2D eigenvalue weighted by Gasteiger charge is -1.97. The number of anilines is 1. The first-order valence-electron chi connectivity index (χ1n) is 5.18. The molecule has 5 heteroatoms. The Bertz CT molecular complexity index is 282. The van der Waals surface area contributed by atoms with E-state index in [0.29, 0.717) is 24.5 Å². The van der Waals surface area contributed by atoms with E-state index in [4.69, 9.17) is 4.42 Å². The molecule has 2 N–H and O–H groups in total. The van der Waals surface area contributed by atoms with Gasteiger partial charge in [0.1, 0.15) is 0 Å². The average molecular weight is 196 g/mol. The van der Waals surface area contributed by atoms with Crippen LogP contribution in [0.2, 0.25) is 0 Å². The molecule has 0 amide bonds. The lowest BCUT2D eigenvalue weighted by Crippen LogP contribution is -2.13. The van der Waals surface area contributed by atoms with Crippen LogP contribution in [-0.4, -0.2) is 22.8 Å². The maximum absolute atomic E-state index is 5.39. The Balaban J connectivity index is 1.76. The van der Waals surface area contributed by atoms with Crippen molar-refractivity contribution in [2.75, 3.05) is 11.9 Å². The summed E-state index contributed by atoms with van der Waals surface area (Å²) in [6.45, 7) is 3.77. The van der Waals surface area contributed by atoms with Crippen molar-refractivity contribution in [2.45, 2.75) is 38.8 Å². The molecule has 1 heterocycles. The van der Waals surface area contributed by atoms with Crippen molar-refractivity contribution in [3.63, 3.8) is 0 Å². The number of rotatable bonds is 6. The largest absolute Gasteiger partial charge is 0.407 e. The van der Waals surface area contributed by atoms with Crippen LogP contribution < -0.4 is 10.6 Å². The van der Waals surface area contributed by atoms with Gasteiger partial charge in [0.15, 0.2) is 0 Å². The van der Waals surface area contributed by atoms with Gasteiger partial charge in [0.25, 0.3) is 0 Å². The van der Waals surface area contributed by atoms with Crippen LogP contribution in [0.5, 0.6) is 0 Å². The van der Waals surface area contributed by atoms with Crippen molar-refractivity contribution in [3.8, 4) is 0 Å². The molecule has 0 radical (unpaired) electrons. The summed E-state index contributed by atoms with van der Waals surface area (Å²) in [5, 5.41) is 14.2. The molecule has 1 aliphatic rings. The Morgan fingerprint density at radius 2 is 2.29 bits per heavy atom. The monoisotopic (exact) mass is 196 g/mol. The maximum Gasteiger partial charge on any atom is 0.315 e. The predicted octanol–water partition coefficient (Wildman–Crippen LogP) is 1.14. The number of aromatic nitrogens is 2. The molecule has 0 saturated heterocycles. The lowest BCUT2D eigenvalue weighted by atomic mass is 10.5. The first kappa shape index (κ1) is 9.45. The molecule has 0 unspecified atom stereocenters. The molecule has 78 valence electrons. The van der Waals surface area contributed by atoms with Gasteiger partial charge in [-0.25, -0.2) is 0 Å². The van der Waals surface area contributed by atoms with E-state index in [9.17, 15) is 0 Å². The van der Waals surface area contributed by atoms with Gasteiger partial charge < -0.3 is 15.1 Å². The van der Waals surface area contributed by atoms with Crippen molar-refractivity contribution >= 4 is 6.01 Å². The van der Waals surface area contributed by atoms with E-state index < -0.39 is 0 Å². The summed E-state index contributed by atoms with van der Waals surface area (Å²) in [6, 6.07) is 1.12. The molecule has 5 nitrogen and oxygen atoms in total. The smallest absolute Gasteiger partial charge is 0.315 e. The van der Waals surface area contributed by atoms with Crippen LogP contribution in [0.4, 0.5) is 6.01 Å². The fraction of sp³-hybridized carbons (Fsp3) is 0.778. The van der Waals surface area contributed by atoms with Crippen LogP contribution in [0, 0.1) is 0 Å². The third-order valence-electron chi connectivity index (χ3n) is 2.07. The number of nitrogens with one attached hydrogen (secondary N) is 2. The molecular weight excluding hydrogens is 180 g/mol. The van der Waals surface area contributed by atoms with E-state index >= 15 is 0 Å². The molecule has 1 fully saturated rings. The van der Waals surface area contributed by atoms with Crippen LogP contribution in [-0.2, 0) is 6.54 Å². The minimum atomic E-state index is 0.556. The normalized spacial score (nSPS) is 15.8. The summed E-state index contributed by atoms with van der Waals surface area (Å²) >= 11 is 0. The standard InChI is InChI=1S/C9H16N4O/c1-2-5-10-6-8-12-13-9(14-8)11-7-3-4-7/h7,10H,2-6H2,1H3,(H,11,13). The van der Waals surface area contributed by atoms with Gasteiger partial charge in [-0.3, -0.25) is 0 Å². The molecule has 14 heavy (non-hydrogen) atoms. The van der Waals surface area contributed by atoms with Crippen LogP contribution >= 0.6 is 0 Å². The summed E-state index contributed by atoms with van der Waals surface area (Å²) < 4.78 is 5.39. The van der Waals surface area contributed by atoms with Crippen molar-refractivity contribution in [1.82, 2.24) is 15.5 Å². The highest BCUT2D eigenvalue weighted by Gasteiger charge is 2.23. The molecule has 1 saturated carbocycles. The fourth-order valence-corrected chi connectivity index (χ4v) is 1.16. The minimum absolute atomic E-state index is 0.556. The lowest BCUT2D eigenvalue weighted by molar-refractivity contribution is 0.477. The van der Waals surface area contributed by atoms with E-state index in [-0.39, 0.29) is 0 Å². The molecule has 1 aromatic heterocycles. The zero-order chi connectivity index (χ0) is 9.80. The molecule has 0 atom stereocenters. The first-order chi connectivity index (χ1) is 6.88. The molecule has 0 aliphatic heterocycles. The highest BCUT2D eigenvalue weighted by molar-refractivity contribution is 5.22. The minimum Gasteiger partial charge on any atom is -0.407 e. The second-order valence-corrected chi connectivity index (χ2v) is 3.60. The van der Waals surface area contributed by atoms with Gasteiger partial charge in [-0.1, -0.05) is 12.0 Å².